The van der Waals surface area contributed by atoms with Crippen LogP contribution in [-0.2, 0) is 20.9 Å². The molecule has 1 aromatic heterocycles. The number of amides is 2. The van der Waals surface area contributed by atoms with Gasteiger partial charge in [-0.05, 0) is 60.9 Å². The van der Waals surface area contributed by atoms with E-state index in [1.807, 2.05) is 0 Å². The molecule has 232 valence electrons. The largest absolute Gasteiger partial charge is 0.487 e. The Morgan fingerprint density at radius 1 is 1.13 bits per heavy atom. The first kappa shape index (κ1) is 30.3. The second-order valence-electron chi connectivity index (χ2n) is 10.8. The number of likely N-dealkylation sites (tertiary alicyclic amines) is 1. The fourth-order valence-corrected chi connectivity index (χ4v) is 5.66. The van der Waals surface area contributed by atoms with Crippen LogP contribution >= 0.6 is 11.6 Å². The van der Waals surface area contributed by atoms with Gasteiger partial charge in [-0.2, -0.15) is 0 Å². The lowest BCUT2D eigenvalue weighted by molar-refractivity contribution is -0.132. The zero-order valence-electron chi connectivity index (χ0n) is 24.3. The summed E-state index contributed by atoms with van der Waals surface area (Å²) in [5, 5.41) is 7.24. The summed E-state index contributed by atoms with van der Waals surface area (Å²) in [6.07, 6.45) is 4.46. The number of hydrogen-bond acceptors (Lipinski definition) is 8. The Hall–Kier alpha value is -4.74. The van der Waals surface area contributed by atoms with E-state index in [0.717, 1.165) is 12.8 Å². The number of rotatable bonds is 10. The molecule has 4 aromatic rings. The van der Waals surface area contributed by atoms with Crippen LogP contribution in [0, 0.1) is 5.82 Å². The van der Waals surface area contributed by atoms with Crippen LogP contribution in [0.25, 0.3) is 10.9 Å². The number of nitrogens with zero attached hydrogens (tertiary/aromatic N) is 3. The number of anilines is 3. The van der Waals surface area contributed by atoms with Crippen LogP contribution in [0.1, 0.15) is 24.8 Å². The third-order valence-corrected chi connectivity index (χ3v) is 7.96. The Bertz CT molecular complexity index is 1750. The molecule has 2 amide bonds. The second kappa shape index (κ2) is 13.5. The quantitative estimate of drug-likeness (QED) is 0.204. The minimum absolute atomic E-state index is 0.160. The van der Waals surface area contributed by atoms with Crippen molar-refractivity contribution in [1.29, 1.82) is 0 Å². The van der Waals surface area contributed by atoms with Crippen molar-refractivity contribution in [1.82, 2.24) is 14.9 Å². The van der Waals surface area contributed by atoms with Crippen LogP contribution in [0.4, 0.5) is 21.6 Å². The molecule has 0 aliphatic carbocycles. The molecule has 2 N–H and O–H groups in total. The lowest BCUT2D eigenvalue weighted by Crippen LogP contribution is -2.42. The zero-order chi connectivity index (χ0) is 31.3. The fourth-order valence-electron chi connectivity index (χ4n) is 5.42. The van der Waals surface area contributed by atoms with E-state index >= 15 is 0 Å². The third kappa shape index (κ3) is 7.00. The second-order valence-corrected chi connectivity index (χ2v) is 11.2. The van der Waals surface area contributed by atoms with Crippen molar-refractivity contribution < 1.29 is 28.2 Å². The summed E-state index contributed by atoms with van der Waals surface area (Å²) in [6, 6.07) is 14.3. The van der Waals surface area contributed by atoms with E-state index in [1.54, 1.807) is 42.5 Å². The number of carbonyl (C=O) groups excluding carboxylic acids is 2. The zero-order valence-corrected chi connectivity index (χ0v) is 25.1. The van der Waals surface area contributed by atoms with Crippen LogP contribution in [0.3, 0.4) is 0 Å². The maximum atomic E-state index is 13.5. The number of benzene rings is 3. The van der Waals surface area contributed by atoms with Gasteiger partial charge in [-0.3, -0.25) is 9.59 Å². The standard InChI is InChI=1S/C33H31ClFN5O5/c1-2-31(41)40-11-4-7-28(40)33(42)39-27-15-24-26(16-30(27)45-23-10-12-43-18-23)36-19-37-32(24)38-22-8-9-29(25(34)14-22)44-17-20-5-3-6-21(35)13-20/h2-3,5-6,8-9,13-16,19,23,28H,1,4,7,10-12,17-18H2,(H,39,42)(H,36,37,38). The predicted octanol–water partition coefficient (Wildman–Crippen LogP) is 6.03. The normalized spacial score (nSPS) is 17.7. The summed E-state index contributed by atoms with van der Waals surface area (Å²) in [5.41, 5.74) is 2.33. The van der Waals surface area contributed by atoms with Gasteiger partial charge in [0.2, 0.25) is 11.8 Å². The summed E-state index contributed by atoms with van der Waals surface area (Å²) >= 11 is 6.52. The van der Waals surface area contributed by atoms with Gasteiger partial charge in [0.1, 0.15) is 48.2 Å². The van der Waals surface area contributed by atoms with Crippen molar-refractivity contribution in [2.75, 3.05) is 30.4 Å². The van der Waals surface area contributed by atoms with Gasteiger partial charge in [0, 0.05) is 30.1 Å². The van der Waals surface area contributed by atoms with E-state index in [-0.39, 0.29) is 30.3 Å². The smallest absolute Gasteiger partial charge is 0.247 e. The van der Waals surface area contributed by atoms with Crippen LogP contribution in [0.5, 0.6) is 11.5 Å². The number of ether oxygens (including phenoxy) is 3. The molecule has 0 spiro atoms. The highest BCUT2D eigenvalue weighted by Gasteiger charge is 2.33. The number of nitrogens with one attached hydrogen (secondary N) is 2. The molecule has 2 aliphatic rings. The van der Waals surface area contributed by atoms with E-state index in [0.29, 0.717) is 76.4 Å². The van der Waals surface area contributed by atoms with Gasteiger partial charge in [-0.15, -0.1) is 0 Å². The van der Waals surface area contributed by atoms with Crippen molar-refractivity contribution >= 4 is 51.5 Å². The SMILES string of the molecule is C=CC(=O)N1CCCC1C(=O)Nc1cc2c(Nc3ccc(OCc4cccc(F)c4)c(Cl)c3)ncnc2cc1OC1CCOC1. The van der Waals surface area contributed by atoms with Gasteiger partial charge in [-0.1, -0.05) is 30.3 Å². The lowest BCUT2D eigenvalue weighted by Gasteiger charge is -2.24. The molecule has 0 radical (unpaired) electrons. The van der Waals surface area contributed by atoms with Crippen LogP contribution in [0.2, 0.25) is 5.02 Å². The molecule has 12 heteroatoms. The first-order valence-corrected chi connectivity index (χ1v) is 15.0. The molecular formula is C33H31ClFN5O5. The minimum Gasteiger partial charge on any atom is -0.487 e. The highest BCUT2D eigenvalue weighted by atomic mass is 35.5. The Labute approximate surface area is 264 Å². The maximum absolute atomic E-state index is 13.5. The highest BCUT2D eigenvalue weighted by molar-refractivity contribution is 6.32. The monoisotopic (exact) mass is 631 g/mol. The van der Waals surface area contributed by atoms with Gasteiger partial charge < -0.3 is 29.7 Å². The van der Waals surface area contributed by atoms with Crippen LogP contribution in [-0.4, -0.2) is 58.6 Å². The Morgan fingerprint density at radius 2 is 2.02 bits per heavy atom. The molecule has 0 bridgehead atoms. The summed E-state index contributed by atoms with van der Waals surface area (Å²) in [5.74, 6) is 0.420. The lowest BCUT2D eigenvalue weighted by atomic mass is 10.1. The number of halogens is 2. The maximum Gasteiger partial charge on any atom is 0.247 e. The molecule has 10 nitrogen and oxygen atoms in total. The van der Waals surface area contributed by atoms with E-state index in [1.165, 1.54) is 29.4 Å². The molecule has 0 saturated carbocycles. The number of aromatic nitrogens is 2. The number of carbonyl (C=O) groups is 2. The van der Waals surface area contributed by atoms with Gasteiger partial charge in [-0.25, -0.2) is 14.4 Å². The molecule has 2 fully saturated rings. The van der Waals surface area contributed by atoms with E-state index < -0.39 is 6.04 Å². The molecule has 2 aliphatic heterocycles. The highest BCUT2D eigenvalue weighted by Crippen LogP contribution is 2.36. The molecule has 2 unspecified atom stereocenters. The van der Waals surface area contributed by atoms with Crippen molar-refractivity contribution in [3.8, 4) is 11.5 Å². The van der Waals surface area contributed by atoms with E-state index in [4.69, 9.17) is 25.8 Å². The topological polar surface area (TPSA) is 115 Å². The van der Waals surface area contributed by atoms with Crippen molar-refractivity contribution in [3.63, 3.8) is 0 Å². The first-order chi connectivity index (χ1) is 21.9. The minimum atomic E-state index is -0.623. The van der Waals surface area contributed by atoms with Crippen LogP contribution in [0.15, 0.2) is 73.6 Å². The molecule has 2 saturated heterocycles. The van der Waals surface area contributed by atoms with Crippen molar-refractivity contribution in [2.45, 2.75) is 38.0 Å². The predicted molar refractivity (Wildman–Crippen MR) is 168 cm³/mol. The average molecular weight is 632 g/mol. The molecule has 2 atom stereocenters. The summed E-state index contributed by atoms with van der Waals surface area (Å²) in [4.78, 5) is 36.2. The van der Waals surface area contributed by atoms with E-state index in [2.05, 4.69) is 27.2 Å². The molecule has 3 heterocycles. The van der Waals surface area contributed by atoms with Crippen molar-refractivity contribution in [3.05, 3.63) is 90.0 Å². The molecule has 3 aromatic carbocycles. The van der Waals surface area contributed by atoms with E-state index in [9.17, 15) is 14.0 Å². The van der Waals surface area contributed by atoms with Gasteiger partial charge in [0.15, 0.2) is 0 Å². The first-order valence-electron chi connectivity index (χ1n) is 14.6. The summed E-state index contributed by atoms with van der Waals surface area (Å²) in [6.45, 7) is 5.24. The molecule has 45 heavy (non-hydrogen) atoms. The van der Waals surface area contributed by atoms with Crippen molar-refractivity contribution in [2.24, 2.45) is 0 Å². The third-order valence-electron chi connectivity index (χ3n) is 7.67. The summed E-state index contributed by atoms with van der Waals surface area (Å²) in [7, 11) is 0. The van der Waals surface area contributed by atoms with Gasteiger partial charge >= 0.3 is 0 Å². The summed E-state index contributed by atoms with van der Waals surface area (Å²) < 4.78 is 31.1. The molecular weight excluding hydrogens is 601 g/mol. The Kier molecular flexibility index (Phi) is 9.08. The Balaban J connectivity index is 1.26. The Morgan fingerprint density at radius 3 is 2.80 bits per heavy atom. The van der Waals surface area contributed by atoms with Gasteiger partial charge in [0.05, 0.1) is 29.4 Å². The fraction of sp³-hybridized carbons (Fsp3) is 0.273. The molecule has 6 rings (SSSR count). The average Bonchev–Trinajstić information content (AvgIpc) is 3.74. The van der Waals surface area contributed by atoms with Gasteiger partial charge in [0.25, 0.3) is 0 Å². The van der Waals surface area contributed by atoms with Crippen LogP contribution < -0.4 is 20.1 Å². The number of hydrogen-bond donors (Lipinski definition) is 2. The number of fused-ring (bicyclic) bond motifs is 1.